The van der Waals surface area contributed by atoms with E-state index in [1.165, 1.54) is 6.20 Å². The fourth-order valence-corrected chi connectivity index (χ4v) is 3.01. The molecule has 0 N–H and O–H groups in total. The van der Waals surface area contributed by atoms with E-state index >= 15 is 0 Å². The van der Waals surface area contributed by atoms with E-state index in [2.05, 4.69) is 4.98 Å². The maximum absolute atomic E-state index is 11.9. The minimum absolute atomic E-state index is 0.0439. The maximum Gasteiger partial charge on any atom is 0.316 e. The molecule has 7 heteroatoms. The summed E-state index contributed by atoms with van der Waals surface area (Å²) in [5.41, 5.74) is 1.43. The number of carbonyl (C=O) groups excluding carboxylic acids is 1. The van der Waals surface area contributed by atoms with Crippen molar-refractivity contribution in [1.29, 1.82) is 0 Å². The predicted molar refractivity (Wildman–Crippen MR) is 92.7 cm³/mol. The average molecular weight is 361 g/mol. The van der Waals surface area contributed by atoms with Crippen LogP contribution < -0.4 is 4.73 Å². The SMILES string of the molecule is O=C(CSc1cccc[n+]1[O-])OCc1cc2ccccc2nc1Cl. The summed E-state index contributed by atoms with van der Waals surface area (Å²) in [7, 11) is 0. The van der Waals surface area contributed by atoms with Crippen molar-refractivity contribution in [3.63, 3.8) is 0 Å². The first-order valence-corrected chi connectivity index (χ1v) is 8.50. The van der Waals surface area contributed by atoms with Crippen LogP contribution in [0.15, 0.2) is 59.8 Å². The topological polar surface area (TPSA) is 66.1 Å². The molecule has 3 aromatic rings. The van der Waals surface area contributed by atoms with Gasteiger partial charge in [0.2, 0.25) is 0 Å². The maximum atomic E-state index is 11.9. The summed E-state index contributed by atoms with van der Waals surface area (Å²) in [5.74, 6) is -0.377. The fraction of sp³-hybridized carbons (Fsp3) is 0.118. The van der Waals surface area contributed by atoms with Gasteiger partial charge in [-0.3, -0.25) is 4.79 Å². The minimum Gasteiger partial charge on any atom is -0.618 e. The Morgan fingerprint density at radius 1 is 1.25 bits per heavy atom. The third kappa shape index (κ3) is 3.96. The largest absolute Gasteiger partial charge is 0.618 e. The zero-order chi connectivity index (χ0) is 16.9. The Kier molecular flexibility index (Phi) is 5.17. The average Bonchev–Trinajstić information content (AvgIpc) is 2.59. The second-order valence-corrected chi connectivity index (χ2v) is 6.30. The van der Waals surface area contributed by atoms with Gasteiger partial charge in [0.1, 0.15) is 17.5 Å². The molecular weight excluding hydrogens is 348 g/mol. The van der Waals surface area contributed by atoms with Crippen LogP contribution in [0.4, 0.5) is 0 Å². The first-order valence-electron chi connectivity index (χ1n) is 7.14. The van der Waals surface area contributed by atoms with Crippen LogP contribution in [0.25, 0.3) is 10.9 Å². The molecule has 0 spiro atoms. The van der Waals surface area contributed by atoms with E-state index in [-0.39, 0.29) is 12.4 Å². The Morgan fingerprint density at radius 3 is 2.88 bits per heavy atom. The predicted octanol–water partition coefficient (Wildman–Crippen LogP) is 3.36. The van der Waals surface area contributed by atoms with Crippen LogP contribution in [0.3, 0.4) is 0 Å². The van der Waals surface area contributed by atoms with Gasteiger partial charge in [0.15, 0.2) is 6.20 Å². The molecule has 2 aromatic heterocycles. The van der Waals surface area contributed by atoms with Crippen LogP contribution in [0.1, 0.15) is 5.56 Å². The molecule has 5 nitrogen and oxygen atoms in total. The first kappa shape index (κ1) is 16.5. The van der Waals surface area contributed by atoms with Gasteiger partial charge >= 0.3 is 5.97 Å². The van der Waals surface area contributed by atoms with E-state index in [9.17, 15) is 10.0 Å². The van der Waals surface area contributed by atoms with Crippen molar-refractivity contribution in [1.82, 2.24) is 4.98 Å². The molecule has 0 fully saturated rings. The number of para-hydroxylation sites is 1. The van der Waals surface area contributed by atoms with Gasteiger partial charge in [-0.15, -0.1) is 0 Å². The molecule has 2 heterocycles. The lowest BCUT2D eigenvalue weighted by Crippen LogP contribution is -2.28. The van der Waals surface area contributed by atoms with E-state index < -0.39 is 5.97 Å². The molecule has 1 aromatic carbocycles. The van der Waals surface area contributed by atoms with E-state index in [1.807, 2.05) is 30.3 Å². The molecular formula is C17H13ClN2O3S. The fourth-order valence-electron chi connectivity index (χ4n) is 2.09. The lowest BCUT2D eigenvalue weighted by molar-refractivity contribution is -0.645. The molecule has 0 radical (unpaired) electrons. The summed E-state index contributed by atoms with van der Waals surface area (Å²) in [6, 6.07) is 14.4. The molecule has 0 unspecified atom stereocenters. The number of thioether (sulfide) groups is 1. The zero-order valence-corrected chi connectivity index (χ0v) is 14.1. The van der Waals surface area contributed by atoms with Gasteiger partial charge in [-0.05, 0) is 30.0 Å². The Labute approximate surface area is 147 Å². The van der Waals surface area contributed by atoms with Gasteiger partial charge in [0.25, 0.3) is 5.03 Å². The number of hydrogen-bond donors (Lipinski definition) is 0. The lowest BCUT2D eigenvalue weighted by Gasteiger charge is -2.08. The molecule has 24 heavy (non-hydrogen) atoms. The lowest BCUT2D eigenvalue weighted by atomic mass is 10.2. The van der Waals surface area contributed by atoms with Crippen LogP contribution in [0, 0.1) is 5.21 Å². The molecule has 122 valence electrons. The highest BCUT2D eigenvalue weighted by Crippen LogP contribution is 2.21. The van der Waals surface area contributed by atoms with Crippen molar-refractivity contribution < 1.29 is 14.3 Å². The Bertz CT molecular complexity index is 889. The van der Waals surface area contributed by atoms with Crippen molar-refractivity contribution in [2.45, 2.75) is 11.6 Å². The molecule has 0 atom stereocenters. The first-order chi connectivity index (χ1) is 11.6. The van der Waals surface area contributed by atoms with Crippen LogP contribution in [-0.2, 0) is 16.1 Å². The van der Waals surface area contributed by atoms with E-state index in [4.69, 9.17) is 16.3 Å². The van der Waals surface area contributed by atoms with Crippen molar-refractivity contribution in [3.05, 3.63) is 70.7 Å². The number of hydrogen-bond acceptors (Lipinski definition) is 5. The number of benzene rings is 1. The molecule has 0 saturated carbocycles. The summed E-state index contributed by atoms with van der Waals surface area (Å²) in [4.78, 5) is 16.1. The van der Waals surface area contributed by atoms with Crippen molar-refractivity contribution in [3.8, 4) is 0 Å². The van der Waals surface area contributed by atoms with Crippen LogP contribution in [0.5, 0.6) is 0 Å². The summed E-state index contributed by atoms with van der Waals surface area (Å²) in [6.07, 6.45) is 1.38. The number of halogens is 1. The highest BCUT2D eigenvalue weighted by Gasteiger charge is 2.12. The van der Waals surface area contributed by atoms with E-state index in [0.717, 1.165) is 22.7 Å². The zero-order valence-electron chi connectivity index (χ0n) is 12.5. The normalized spacial score (nSPS) is 10.7. The highest BCUT2D eigenvalue weighted by atomic mass is 35.5. The Morgan fingerprint density at radius 2 is 2.04 bits per heavy atom. The van der Waals surface area contributed by atoms with Crippen molar-refractivity contribution >= 4 is 40.2 Å². The summed E-state index contributed by atoms with van der Waals surface area (Å²) >= 11 is 7.25. The second kappa shape index (κ2) is 7.51. The smallest absolute Gasteiger partial charge is 0.316 e. The van der Waals surface area contributed by atoms with Gasteiger partial charge in [0.05, 0.1) is 5.52 Å². The molecule has 0 aliphatic carbocycles. The Hall–Kier alpha value is -2.31. The quantitative estimate of drug-likeness (QED) is 0.229. The monoisotopic (exact) mass is 360 g/mol. The number of aromatic nitrogens is 2. The molecule has 3 rings (SSSR count). The highest BCUT2D eigenvalue weighted by molar-refractivity contribution is 7.99. The van der Waals surface area contributed by atoms with E-state index in [1.54, 1.807) is 18.2 Å². The summed E-state index contributed by atoms with van der Waals surface area (Å²) in [6.45, 7) is 0.0439. The van der Waals surface area contributed by atoms with Crippen LogP contribution >= 0.6 is 23.4 Å². The third-order valence-electron chi connectivity index (χ3n) is 3.27. The molecule has 0 aliphatic heterocycles. The third-order valence-corrected chi connectivity index (χ3v) is 4.58. The van der Waals surface area contributed by atoms with Gasteiger partial charge < -0.3 is 9.94 Å². The standard InChI is InChI=1S/C17H13ClN2O3S/c18-17-13(9-12-5-1-2-6-14(12)19-17)10-23-16(21)11-24-15-7-3-4-8-20(15)22/h1-9H,10-11H2. The van der Waals surface area contributed by atoms with Gasteiger partial charge in [-0.2, -0.15) is 4.73 Å². The minimum atomic E-state index is -0.423. The van der Waals surface area contributed by atoms with Gasteiger partial charge in [0, 0.05) is 23.1 Å². The summed E-state index contributed by atoms with van der Waals surface area (Å²) in [5, 5.41) is 13.2. The number of ether oxygens (including phenoxy) is 1. The number of pyridine rings is 2. The van der Waals surface area contributed by atoms with Gasteiger partial charge in [-0.1, -0.05) is 29.8 Å². The Balaban J connectivity index is 1.60. The number of esters is 1. The number of carbonyl (C=O) groups is 1. The van der Waals surface area contributed by atoms with Crippen LogP contribution in [-0.4, -0.2) is 16.7 Å². The number of fused-ring (bicyclic) bond motifs is 1. The van der Waals surface area contributed by atoms with E-state index in [0.29, 0.717) is 20.5 Å². The molecule has 0 aliphatic rings. The molecule has 0 amide bonds. The molecule has 0 bridgehead atoms. The van der Waals surface area contributed by atoms with Crippen molar-refractivity contribution in [2.75, 3.05) is 5.75 Å². The summed E-state index contributed by atoms with van der Waals surface area (Å²) < 4.78 is 5.93. The second-order valence-electron chi connectivity index (χ2n) is 4.95. The van der Waals surface area contributed by atoms with Crippen LogP contribution in [0.2, 0.25) is 5.15 Å². The van der Waals surface area contributed by atoms with Crippen molar-refractivity contribution in [2.24, 2.45) is 0 Å². The number of nitrogens with zero attached hydrogens (tertiary/aromatic N) is 2. The molecule has 0 saturated heterocycles. The van der Waals surface area contributed by atoms with Gasteiger partial charge in [-0.25, -0.2) is 4.98 Å². The number of rotatable bonds is 5.